The van der Waals surface area contributed by atoms with Gasteiger partial charge in [0.05, 0.1) is 0 Å². The van der Waals surface area contributed by atoms with Crippen molar-refractivity contribution < 1.29 is 0 Å². The maximum Gasteiger partial charge on any atom is 0.0125 e. The van der Waals surface area contributed by atoms with Gasteiger partial charge in [0.1, 0.15) is 0 Å². The SMILES string of the molecule is CC.CC.CC.CC.CC(C)(C)CN1CCCC1.CC(C)(C)N1CCC1.CC(C)(C)N1CCCC1.CC(C)(C)N1CCCCC1. The Bertz CT molecular complexity index is 567. The van der Waals surface area contributed by atoms with Gasteiger partial charge in [0.2, 0.25) is 0 Å². The van der Waals surface area contributed by atoms with Crippen LogP contribution in [-0.4, -0.2) is 95.1 Å². The second kappa shape index (κ2) is 28.8. The first kappa shape index (κ1) is 51.7. The average molecular weight is 643 g/mol. The molecule has 0 aromatic carbocycles. The third kappa shape index (κ3) is 29.7. The van der Waals surface area contributed by atoms with E-state index in [0.717, 1.165) is 0 Å². The minimum atomic E-state index is 0.403. The van der Waals surface area contributed by atoms with Gasteiger partial charge in [0.25, 0.3) is 0 Å². The molecule has 0 spiro atoms. The number of rotatable bonds is 1. The molecule has 0 unspecified atom stereocenters. The zero-order valence-corrected chi connectivity index (χ0v) is 35.8. The predicted molar refractivity (Wildman–Crippen MR) is 212 cm³/mol. The molecule has 4 aliphatic rings. The molecular formula is C41H94N4. The van der Waals surface area contributed by atoms with E-state index in [1.165, 1.54) is 110 Å². The summed E-state index contributed by atoms with van der Waals surface area (Å²) in [6.45, 7) is 55.3. The molecular weight excluding hydrogens is 548 g/mol. The molecule has 4 fully saturated rings. The van der Waals surface area contributed by atoms with Crippen molar-refractivity contribution in [3.8, 4) is 0 Å². The Morgan fingerprint density at radius 2 is 0.533 bits per heavy atom. The van der Waals surface area contributed by atoms with Gasteiger partial charge in [0, 0.05) is 23.2 Å². The van der Waals surface area contributed by atoms with E-state index in [1.54, 1.807) is 0 Å². The summed E-state index contributed by atoms with van der Waals surface area (Å²) in [6.07, 6.45) is 11.3. The molecule has 4 heteroatoms. The lowest BCUT2D eigenvalue weighted by Gasteiger charge is -2.42. The Balaban J connectivity index is -0.000000232. The first-order chi connectivity index (χ1) is 20.9. The van der Waals surface area contributed by atoms with Gasteiger partial charge in [-0.25, -0.2) is 0 Å². The largest absolute Gasteiger partial charge is 0.303 e. The summed E-state index contributed by atoms with van der Waals surface area (Å²) in [6, 6.07) is 0. The van der Waals surface area contributed by atoms with Crippen molar-refractivity contribution in [3.05, 3.63) is 0 Å². The zero-order valence-electron chi connectivity index (χ0n) is 35.8. The molecule has 4 nitrogen and oxygen atoms in total. The van der Waals surface area contributed by atoms with Gasteiger partial charge in [-0.2, -0.15) is 0 Å². The molecule has 0 saturated carbocycles. The predicted octanol–water partition coefficient (Wildman–Crippen LogP) is 11.9. The van der Waals surface area contributed by atoms with E-state index in [9.17, 15) is 0 Å². The number of hydrogen-bond acceptors (Lipinski definition) is 4. The molecule has 4 heterocycles. The van der Waals surface area contributed by atoms with E-state index in [0.29, 0.717) is 22.0 Å². The van der Waals surface area contributed by atoms with Crippen LogP contribution < -0.4 is 0 Å². The lowest BCUT2D eigenvalue weighted by molar-refractivity contribution is 0.0690. The summed E-state index contributed by atoms with van der Waals surface area (Å²) in [5.41, 5.74) is 1.74. The molecule has 0 aromatic rings. The van der Waals surface area contributed by atoms with Crippen LogP contribution in [0.1, 0.15) is 190 Å². The number of nitrogens with zero attached hydrogens (tertiary/aromatic N) is 4. The van der Waals surface area contributed by atoms with Crippen molar-refractivity contribution in [2.45, 2.75) is 206 Å². The maximum absolute atomic E-state index is 2.58. The number of piperidine rings is 1. The normalized spacial score (nSPS) is 19.2. The van der Waals surface area contributed by atoms with Crippen LogP contribution in [0.25, 0.3) is 0 Å². The second-order valence-electron chi connectivity index (χ2n) is 16.1. The molecule has 45 heavy (non-hydrogen) atoms. The zero-order chi connectivity index (χ0) is 36.3. The van der Waals surface area contributed by atoms with Crippen molar-refractivity contribution >= 4 is 0 Å². The summed E-state index contributed by atoms with van der Waals surface area (Å²) >= 11 is 0. The summed E-state index contributed by atoms with van der Waals surface area (Å²) in [7, 11) is 0. The highest BCUT2D eigenvalue weighted by molar-refractivity contribution is 4.82. The summed E-state index contributed by atoms with van der Waals surface area (Å²) < 4.78 is 0. The average Bonchev–Trinajstić information content (AvgIpc) is 3.67. The fourth-order valence-electron chi connectivity index (χ4n) is 5.55. The van der Waals surface area contributed by atoms with E-state index in [1.807, 2.05) is 55.4 Å². The smallest absolute Gasteiger partial charge is 0.0125 e. The summed E-state index contributed by atoms with van der Waals surface area (Å²) in [4.78, 5) is 10.2. The van der Waals surface area contributed by atoms with E-state index >= 15 is 0 Å². The standard InChI is InChI=1S/2C9H19N.C8H17N.C7H15N.4C2H6/c1-9(2,3)8-10-6-4-5-7-10;1-9(2,3)10-7-5-4-6-8-10;1-8(2,3)9-6-4-5-7-9;1-7(2,3)8-5-4-6-8;4*1-2/h2*4-8H2,1-3H3;4-7H2,1-3H3;4-6H2,1-3H3;4*1-2H3. The van der Waals surface area contributed by atoms with Crippen LogP contribution in [0, 0.1) is 5.41 Å². The Kier molecular flexibility index (Phi) is 33.1. The topological polar surface area (TPSA) is 13.0 Å². The Hall–Kier alpha value is -0.160. The van der Waals surface area contributed by atoms with Crippen molar-refractivity contribution in [2.24, 2.45) is 5.41 Å². The van der Waals surface area contributed by atoms with Crippen LogP contribution in [0.4, 0.5) is 0 Å². The highest BCUT2D eigenvalue weighted by atomic mass is 15.2. The van der Waals surface area contributed by atoms with E-state index in [4.69, 9.17) is 0 Å². The Morgan fingerprint density at radius 3 is 0.711 bits per heavy atom. The van der Waals surface area contributed by atoms with E-state index in [2.05, 4.69) is 103 Å². The number of likely N-dealkylation sites (tertiary alicyclic amines) is 4. The highest BCUT2D eigenvalue weighted by Crippen LogP contribution is 2.21. The van der Waals surface area contributed by atoms with Gasteiger partial charge >= 0.3 is 0 Å². The van der Waals surface area contributed by atoms with E-state index in [-0.39, 0.29) is 0 Å². The van der Waals surface area contributed by atoms with Crippen molar-refractivity contribution in [1.82, 2.24) is 19.6 Å². The quantitative estimate of drug-likeness (QED) is 0.282. The van der Waals surface area contributed by atoms with Crippen molar-refractivity contribution in [3.63, 3.8) is 0 Å². The van der Waals surface area contributed by atoms with E-state index < -0.39 is 0 Å². The van der Waals surface area contributed by atoms with Gasteiger partial charge < -0.3 is 4.90 Å². The Labute approximate surface area is 289 Å². The molecule has 0 N–H and O–H groups in total. The van der Waals surface area contributed by atoms with Crippen LogP contribution in [0.5, 0.6) is 0 Å². The minimum Gasteiger partial charge on any atom is -0.303 e. The molecule has 0 radical (unpaired) electrons. The van der Waals surface area contributed by atoms with Gasteiger partial charge in [-0.3, -0.25) is 14.7 Å². The molecule has 4 aliphatic heterocycles. The molecule has 4 rings (SSSR count). The Morgan fingerprint density at radius 1 is 0.311 bits per heavy atom. The first-order valence-electron chi connectivity index (χ1n) is 19.9. The second-order valence-corrected chi connectivity index (χ2v) is 16.1. The van der Waals surface area contributed by atoms with Crippen molar-refractivity contribution in [1.29, 1.82) is 0 Å². The van der Waals surface area contributed by atoms with Crippen LogP contribution >= 0.6 is 0 Å². The molecule has 0 aromatic heterocycles. The monoisotopic (exact) mass is 643 g/mol. The lowest BCUT2D eigenvalue weighted by Crippen LogP contribution is -2.49. The lowest BCUT2D eigenvalue weighted by atomic mass is 9.96. The van der Waals surface area contributed by atoms with Crippen LogP contribution in [-0.2, 0) is 0 Å². The van der Waals surface area contributed by atoms with Crippen LogP contribution in [0.15, 0.2) is 0 Å². The third-order valence-electron chi connectivity index (χ3n) is 8.06. The minimum absolute atomic E-state index is 0.403. The number of hydrogen-bond donors (Lipinski definition) is 0. The third-order valence-corrected chi connectivity index (χ3v) is 8.06. The molecule has 0 amide bonds. The maximum atomic E-state index is 2.58. The summed E-state index contributed by atoms with van der Waals surface area (Å²) in [5.74, 6) is 0. The molecule has 0 aliphatic carbocycles. The van der Waals surface area contributed by atoms with Gasteiger partial charge in [-0.05, 0) is 165 Å². The van der Waals surface area contributed by atoms with Gasteiger partial charge in [0.15, 0.2) is 0 Å². The molecule has 4 saturated heterocycles. The highest BCUT2D eigenvalue weighted by Gasteiger charge is 2.26. The van der Waals surface area contributed by atoms with Gasteiger partial charge in [-0.1, -0.05) is 82.6 Å². The first-order valence-corrected chi connectivity index (χ1v) is 19.9. The van der Waals surface area contributed by atoms with Gasteiger partial charge in [-0.15, -0.1) is 0 Å². The fraction of sp³-hybridized carbons (Fsp3) is 1.00. The van der Waals surface area contributed by atoms with Crippen LogP contribution in [0.2, 0.25) is 0 Å². The molecule has 278 valence electrons. The molecule has 0 atom stereocenters. The molecule has 0 bridgehead atoms. The summed E-state index contributed by atoms with van der Waals surface area (Å²) in [5, 5.41) is 0. The van der Waals surface area contributed by atoms with Crippen LogP contribution in [0.3, 0.4) is 0 Å². The fourth-order valence-corrected chi connectivity index (χ4v) is 5.55. The van der Waals surface area contributed by atoms with Crippen molar-refractivity contribution in [2.75, 3.05) is 58.9 Å².